The summed E-state index contributed by atoms with van der Waals surface area (Å²) in [6.45, 7) is 11.1. The third-order valence-electron chi connectivity index (χ3n) is 4.45. The van der Waals surface area contributed by atoms with Crippen LogP contribution in [0.2, 0.25) is 0 Å². The average Bonchev–Trinajstić information content (AvgIpc) is 2.63. The summed E-state index contributed by atoms with van der Waals surface area (Å²) in [4.78, 5) is 38.0. The molecule has 0 saturated carbocycles. The lowest BCUT2D eigenvalue weighted by Gasteiger charge is -2.30. The zero-order valence-electron chi connectivity index (χ0n) is 17.8. The summed E-state index contributed by atoms with van der Waals surface area (Å²) in [6.07, 6.45) is 0.461. The summed E-state index contributed by atoms with van der Waals surface area (Å²) in [6, 6.07) is 9.43. The van der Waals surface area contributed by atoms with E-state index in [9.17, 15) is 14.4 Å². The fraction of sp³-hybridized carbons (Fsp3) is 0.591. The minimum Gasteiger partial charge on any atom is -0.465 e. The quantitative estimate of drug-likeness (QED) is 0.515. The Balaban J connectivity index is 3.00. The number of rotatable bonds is 9. The van der Waals surface area contributed by atoms with Gasteiger partial charge in [0.1, 0.15) is 11.5 Å². The van der Waals surface area contributed by atoms with Gasteiger partial charge < -0.3 is 14.8 Å². The molecule has 0 fully saturated rings. The van der Waals surface area contributed by atoms with Crippen molar-refractivity contribution in [3.63, 3.8) is 0 Å². The molecular weight excluding hydrogens is 358 g/mol. The van der Waals surface area contributed by atoms with Gasteiger partial charge in [-0.3, -0.25) is 14.4 Å². The molecule has 1 aromatic carbocycles. The first-order chi connectivity index (χ1) is 13.1. The predicted octanol–water partition coefficient (Wildman–Crippen LogP) is 3.49. The van der Waals surface area contributed by atoms with Crippen LogP contribution in [0.1, 0.15) is 53.5 Å². The second-order valence-corrected chi connectivity index (χ2v) is 7.83. The van der Waals surface area contributed by atoms with Crippen molar-refractivity contribution in [2.45, 2.75) is 60.1 Å². The van der Waals surface area contributed by atoms with E-state index in [1.807, 2.05) is 37.3 Å². The highest BCUT2D eigenvalue weighted by atomic mass is 16.6. The standard InChI is InChI=1S/C22H33NO5/c1-7-17(15(3)20(25)28-22(4,5)6)18(21(26)27-8-2)19(24)23-14-16-12-10-9-11-13-16/h9-13,15,17-18H,7-8,14H2,1-6H3,(H,23,24). The smallest absolute Gasteiger partial charge is 0.318 e. The van der Waals surface area contributed by atoms with E-state index >= 15 is 0 Å². The van der Waals surface area contributed by atoms with Gasteiger partial charge in [-0.25, -0.2) is 0 Å². The molecule has 0 heterocycles. The Morgan fingerprint density at radius 2 is 1.64 bits per heavy atom. The van der Waals surface area contributed by atoms with E-state index in [1.54, 1.807) is 34.6 Å². The van der Waals surface area contributed by atoms with Gasteiger partial charge in [-0.2, -0.15) is 0 Å². The van der Waals surface area contributed by atoms with Crippen molar-refractivity contribution < 1.29 is 23.9 Å². The Morgan fingerprint density at radius 3 is 2.14 bits per heavy atom. The van der Waals surface area contributed by atoms with Crippen molar-refractivity contribution in [3.8, 4) is 0 Å². The topological polar surface area (TPSA) is 81.7 Å². The van der Waals surface area contributed by atoms with Crippen molar-refractivity contribution in [1.82, 2.24) is 5.32 Å². The zero-order valence-corrected chi connectivity index (χ0v) is 17.8. The SMILES string of the molecule is CCOC(=O)C(C(=O)NCc1ccccc1)C(CC)C(C)C(=O)OC(C)(C)C. The van der Waals surface area contributed by atoms with Crippen LogP contribution in [0.15, 0.2) is 30.3 Å². The summed E-state index contributed by atoms with van der Waals surface area (Å²) < 4.78 is 10.6. The van der Waals surface area contributed by atoms with E-state index in [0.29, 0.717) is 13.0 Å². The highest BCUT2D eigenvalue weighted by Gasteiger charge is 2.41. The first-order valence-electron chi connectivity index (χ1n) is 9.81. The molecule has 0 aliphatic rings. The Kier molecular flexibility index (Phi) is 9.16. The van der Waals surface area contributed by atoms with Crippen LogP contribution < -0.4 is 5.32 Å². The lowest BCUT2D eigenvalue weighted by molar-refractivity contribution is -0.165. The van der Waals surface area contributed by atoms with Gasteiger partial charge in [0.25, 0.3) is 0 Å². The van der Waals surface area contributed by atoms with Crippen molar-refractivity contribution in [3.05, 3.63) is 35.9 Å². The molecule has 0 bridgehead atoms. The normalized spacial score (nSPS) is 14.5. The van der Waals surface area contributed by atoms with E-state index in [0.717, 1.165) is 5.56 Å². The monoisotopic (exact) mass is 391 g/mol. The summed E-state index contributed by atoms with van der Waals surface area (Å²) in [5, 5.41) is 2.80. The number of hydrogen-bond acceptors (Lipinski definition) is 5. The molecule has 28 heavy (non-hydrogen) atoms. The number of hydrogen-bond donors (Lipinski definition) is 1. The van der Waals surface area contributed by atoms with Gasteiger partial charge in [-0.15, -0.1) is 0 Å². The molecular formula is C22H33NO5. The van der Waals surface area contributed by atoms with Crippen LogP contribution in [0.3, 0.4) is 0 Å². The number of ether oxygens (including phenoxy) is 2. The number of nitrogens with one attached hydrogen (secondary N) is 1. The van der Waals surface area contributed by atoms with E-state index < -0.39 is 41.2 Å². The fourth-order valence-electron chi connectivity index (χ4n) is 3.05. The van der Waals surface area contributed by atoms with E-state index in [-0.39, 0.29) is 6.61 Å². The Morgan fingerprint density at radius 1 is 1.04 bits per heavy atom. The number of carbonyl (C=O) groups excluding carboxylic acids is 3. The lowest BCUT2D eigenvalue weighted by atomic mass is 9.79. The maximum absolute atomic E-state index is 12.9. The van der Waals surface area contributed by atoms with Crippen LogP contribution in [0.5, 0.6) is 0 Å². The van der Waals surface area contributed by atoms with Crippen LogP contribution in [0, 0.1) is 17.8 Å². The third-order valence-corrected chi connectivity index (χ3v) is 4.45. The molecule has 0 aliphatic heterocycles. The summed E-state index contributed by atoms with van der Waals surface area (Å²) in [5.74, 6) is -3.70. The van der Waals surface area contributed by atoms with Crippen LogP contribution in [0.25, 0.3) is 0 Å². The van der Waals surface area contributed by atoms with E-state index in [2.05, 4.69) is 5.32 Å². The average molecular weight is 392 g/mol. The minimum absolute atomic E-state index is 0.165. The lowest BCUT2D eigenvalue weighted by Crippen LogP contribution is -2.44. The van der Waals surface area contributed by atoms with Gasteiger partial charge in [-0.05, 0) is 39.2 Å². The number of carbonyl (C=O) groups is 3. The van der Waals surface area contributed by atoms with E-state index in [4.69, 9.17) is 9.47 Å². The van der Waals surface area contributed by atoms with Crippen LogP contribution >= 0.6 is 0 Å². The van der Waals surface area contributed by atoms with Crippen LogP contribution in [-0.2, 0) is 30.4 Å². The van der Waals surface area contributed by atoms with Gasteiger partial charge in [0, 0.05) is 6.54 Å². The first-order valence-corrected chi connectivity index (χ1v) is 9.81. The van der Waals surface area contributed by atoms with Gasteiger partial charge in [-0.1, -0.05) is 50.6 Å². The highest BCUT2D eigenvalue weighted by Crippen LogP contribution is 2.29. The van der Waals surface area contributed by atoms with Crippen LogP contribution in [-0.4, -0.2) is 30.1 Å². The predicted molar refractivity (Wildman–Crippen MR) is 107 cm³/mol. The molecule has 0 radical (unpaired) electrons. The maximum atomic E-state index is 12.9. The second-order valence-electron chi connectivity index (χ2n) is 7.83. The van der Waals surface area contributed by atoms with Crippen molar-refractivity contribution in [2.75, 3.05) is 6.61 Å². The number of esters is 2. The van der Waals surface area contributed by atoms with Gasteiger partial charge in [0.15, 0.2) is 0 Å². The van der Waals surface area contributed by atoms with Crippen molar-refractivity contribution in [1.29, 1.82) is 0 Å². The third kappa shape index (κ3) is 7.33. The second kappa shape index (κ2) is 10.8. The van der Waals surface area contributed by atoms with Crippen molar-refractivity contribution >= 4 is 17.8 Å². The first kappa shape index (κ1) is 23.7. The number of benzene rings is 1. The molecule has 1 aromatic rings. The van der Waals surface area contributed by atoms with Gasteiger partial charge >= 0.3 is 11.9 Å². The zero-order chi connectivity index (χ0) is 21.3. The molecule has 1 amide bonds. The largest absolute Gasteiger partial charge is 0.465 e. The molecule has 0 spiro atoms. The Labute approximate surface area is 168 Å². The highest BCUT2D eigenvalue weighted by molar-refractivity contribution is 5.98. The summed E-state index contributed by atoms with van der Waals surface area (Å²) in [7, 11) is 0. The molecule has 1 N–H and O–H groups in total. The summed E-state index contributed by atoms with van der Waals surface area (Å²) >= 11 is 0. The maximum Gasteiger partial charge on any atom is 0.318 e. The number of amides is 1. The molecule has 3 unspecified atom stereocenters. The molecule has 0 aromatic heterocycles. The van der Waals surface area contributed by atoms with Crippen LogP contribution in [0.4, 0.5) is 0 Å². The van der Waals surface area contributed by atoms with Crippen molar-refractivity contribution in [2.24, 2.45) is 17.8 Å². The molecule has 3 atom stereocenters. The Hall–Kier alpha value is -2.37. The Bertz CT molecular complexity index is 651. The molecule has 156 valence electrons. The molecule has 0 saturated heterocycles. The fourth-order valence-corrected chi connectivity index (χ4v) is 3.05. The molecule has 6 nitrogen and oxygen atoms in total. The molecule has 6 heteroatoms. The molecule has 0 aliphatic carbocycles. The van der Waals surface area contributed by atoms with Gasteiger partial charge in [0.05, 0.1) is 12.5 Å². The van der Waals surface area contributed by atoms with Gasteiger partial charge in [0.2, 0.25) is 5.91 Å². The van der Waals surface area contributed by atoms with E-state index in [1.165, 1.54) is 0 Å². The minimum atomic E-state index is -1.07. The summed E-state index contributed by atoms with van der Waals surface area (Å²) in [5.41, 5.74) is 0.283. The molecule has 1 rings (SSSR count).